The molecule has 1 aromatic carbocycles. The van der Waals surface area contributed by atoms with Crippen molar-refractivity contribution in [3.05, 3.63) is 35.6 Å². The summed E-state index contributed by atoms with van der Waals surface area (Å²) in [5.74, 6) is 0.211. The van der Waals surface area contributed by atoms with E-state index in [0.29, 0.717) is 13.0 Å². The van der Waals surface area contributed by atoms with Gasteiger partial charge in [-0.2, -0.15) is 0 Å². The van der Waals surface area contributed by atoms with Crippen molar-refractivity contribution in [2.75, 3.05) is 13.1 Å². The first kappa shape index (κ1) is 16.0. The molecule has 1 amide bonds. The smallest absolute Gasteiger partial charge is 0.225 e. The predicted octanol–water partition coefficient (Wildman–Crippen LogP) is 3.36. The zero-order valence-corrected chi connectivity index (χ0v) is 13.5. The van der Waals surface area contributed by atoms with Crippen molar-refractivity contribution in [2.24, 2.45) is 11.1 Å². The zero-order chi connectivity index (χ0) is 16.2. The molecule has 1 aliphatic carbocycles. The van der Waals surface area contributed by atoms with E-state index in [9.17, 15) is 9.18 Å². The number of halogens is 1. The number of rotatable bonds is 6. The van der Waals surface area contributed by atoms with Gasteiger partial charge < -0.3 is 9.74 Å². The van der Waals surface area contributed by atoms with Gasteiger partial charge in [-0.3, -0.25) is 4.79 Å². The highest BCUT2D eigenvalue weighted by Crippen LogP contribution is 2.29. The van der Waals surface area contributed by atoms with Gasteiger partial charge in [0.1, 0.15) is 5.82 Å². The van der Waals surface area contributed by atoms with Gasteiger partial charge in [-0.25, -0.2) is 4.39 Å². The van der Waals surface area contributed by atoms with Gasteiger partial charge in [-0.05, 0) is 37.0 Å². The average molecular weight is 318 g/mol. The minimum atomic E-state index is -0.259. The highest BCUT2D eigenvalue weighted by atomic mass is 19.1. The SMILES string of the molecule is CCCN(CC1CC(c2ccc(F)cc2)=NO1)C(=O)C1CCC1. The number of amides is 1. The van der Waals surface area contributed by atoms with E-state index in [2.05, 4.69) is 12.1 Å². The number of hydrogen-bond acceptors (Lipinski definition) is 3. The number of carbonyl (C=O) groups excluding carboxylic acids is 1. The minimum absolute atomic E-state index is 0.106. The number of benzene rings is 1. The van der Waals surface area contributed by atoms with E-state index >= 15 is 0 Å². The van der Waals surface area contributed by atoms with Crippen molar-refractivity contribution in [3.63, 3.8) is 0 Å². The fourth-order valence-electron chi connectivity index (χ4n) is 3.06. The molecule has 0 spiro atoms. The third kappa shape index (κ3) is 3.71. The van der Waals surface area contributed by atoms with Crippen LogP contribution >= 0.6 is 0 Å². The summed E-state index contributed by atoms with van der Waals surface area (Å²) in [6.45, 7) is 3.43. The first-order valence-corrected chi connectivity index (χ1v) is 8.44. The van der Waals surface area contributed by atoms with Crippen molar-refractivity contribution >= 4 is 11.6 Å². The molecule has 3 rings (SSSR count). The molecule has 1 atom stereocenters. The Morgan fingerprint density at radius 1 is 1.35 bits per heavy atom. The molecule has 1 saturated carbocycles. The summed E-state index contributed by atoms with van der Waals surface area (Å²) in [7, 11) is 0. The number of carbonyl (C=O) groups is 1. The molecule has 1 aromatic rings. The molecule has 5 heteroatoms. The van der Waals surface area contributed by atoms with Crippen molar-refractivity contribution in [1.82, 2.24) is 4.90 Å². The molecule has 1 fully saturated rings. The second kappa shape index (κ2) is 7.11. The molecule has 1 aliphatic heterocycles. The average Bonchev–Trinajstić information content (AvgIpc) is 2.94. The van der Waals surface area contributed by atoms with Crippen LogP contribution in [-0.4, -0.2) is 35.7 Å². The summed E-state index contributed by atoms with van der Waals surface area (Å²) in [6.07, 6.45) is 4.68. The minimum Gasteiger partial charge on any atom is -0.390 e. The monoisotopic (exact) mass is 318 g/mol. The lowest BCUT2D eigenvalue weighted by Crippen LogP contribution is -2.43. The van der Waals surface area contributed by atoms with Crippen LogP contribution < -0.4 is 0 Å². The normalized spacial score (nSPS) is 20.6. The summed E-state index contributed by atoms with van der Waals surface area (Å²) in [4.78, 5) is 19.9. The molecule has 124 valence electrons. The lowest BCUT2D eigenvalue weighted by atomic mass is 9.84. The quantitative estimate of drug-likeness (QED) is 0.807. The molecule has 0 radical (unpaired) electrons. The Morgan fingerprint density at radius 2 is 2.09 bits per heavy atom. The maximum atomic E-state index is 13.0. The second-order valence-electron chi connectivity index (χ2n) is 6.39. The Balaban J connectivity index is 1.57. The fraction of sp³-hybridized carbons (Fsp3) is 0.556. The lowest BCUT2D eigenvalue weighted by molar-refractivity contribution is -0.140. The largest absolute Gasteiger partial charge is 0.390 e. The molecule has 2 aliphatic rings. The van der Waals surface area contributed by atoms with Crippen molar-refractivity contribution < 1.29 is 14.0 Å². The first-order valence-electron chi connectivity index (χ1n) is 8.44. The molecule has 0 aromatic heterocycles. The van der Waals surface area contributed by atoms with Crippen molar-refractivity contribution in [2.45, 2.75) is 45.1 Å². The van der Waals surface area contributed by atoms with Gasteiger partial charge in [0.2, 0.25) is 5.91 Å². The molecular formula is C18H23FN2O2. The summed E-state index contributed by atoms with van der Waals surface area (Å²) in [6, 6.07) is 6.27. The van der Waals surface area contributed by atoms with Gasteiger partial charge in [0.15, 0.2) is 6.10 Å². The Bertz CT molecular complexity index is 581. The number of nitrogens with zero attached hydrogens (tertiary/aromatic N) is 2. The third-order valence-electron chi connectivity index (χ3n) is 4.59. The number of hydrogen-bond donors (Lipinski definition) is 0. The molecule has 4 nitrogen and oxygen atoms in total. The Hall–Kier alpha value is -1.91. The third-order valence-corrected chi connectivity index (χ3v) is 4.59. The summed E-state index contributed by atoms with van der Waals surface area (Å²) in [5.41, 5.74) is 1.70. The Labute approximate surface area is 136 Å². The van der Waals surface area contributed by atoms with Gasteiger partial charge >= 0.3 is 0 Å². The van der Waals surface area contributed by atoms with Crippen LogP contribution in [0, 0.1) is 11.7 Å². The van der Waals surface area contributed by atoms with E-state index in [1.807, 2.05) is 4.90 Å². The zero-order valence-electron chi connectivity index (χ0n) is 13.5. The van der Waals surface area contributed by atoms with Crippen molar-refractivity contribution in [3.8, 4) is 0 Å². The van der Waals surface area contributed by atoms with Crippen LogP contribution in [0.25, 0.3) is 0 Å². The van der Waals surface area contributed by atoms with Crippen LogP contribution in [0.5, 0.6) is 0 Å². The van der Waals surface area contributed by atoms with Gasteiger partial charge in [0.25, 0.3) is 0 Å². The maximum absolute atomic E-state index is 13.0. The maximum Gasteiger partial charge on any atom is 0.225 e. The topological polar surface area (TPSA) is 41.9 Å². The fourth-order valence-corrected chi connectivity index (χ4v) is 3.06. The van der Waals surface area contributed by atoms with Gasteiger partial charge in [0, 0.05) is 18.9 Å². The van der Waals surface area contributed by atoms with E-state index < -0.39 is 0 Å². The van der Waals surface area contributed by atoms with E-state index in [1.54, 1.807) is 12.1 Å². The first-order chi connectivity index (χ1) is 11.2. The van der Waals surface area contributed by atoms with Crippen LogP contribution in [-0.2, 0) is 9.63 Å². The van der Waals surface area contributed by atoms with Crippen LogP contribution in [0.15, 0.2) is 29.4 Å². The van der Waals surface area contributed by atoms with E-state index in [4.69, 9.17) is 4.84 Å². The van der Waals surface area contributed by atoms with Crippen LogP contribution in [0.3, 0.4) is 0 Å². The van der Waals surface area contributed by atoms with Crippen LogP contribution in [0.1, 0.15) is 44.6 Å². The highest BCUT2D eigenvalue weighted by molar-refractivity contribution is 6.01. The Kier molecular flexibility index (Phi) is 4.94. The van der Waals surface area contributed by atoms with E-state index in [1.165, 1.54) is 12.1 Å². The molecule has 0 saturated heterocycles. The van der Waals surface area contributed by atoms with Gasteiger partial charge in [-0.1, -0.05) is 30.6 Å². The molecule has 1 unspecified atom stereocenters. The van der Waals surface area contributed by atoms with Gasteiger partial charge in [-0.15, -0.1) is 0 Å². The van der Waals surface area contributed by atoms with Crippen molar-refractivity contribution in [1.29, 1.82) is 0 Å². The molecule has 23 heavy (non-hydrogen) atoms. The summed E-state index contributed by atoms with van der Waals surface area (Å²) >= 11 is 0. The molecule has 0 bridgehead atoms. The van der Waals surface area contributed by atoms with Crippen LogP contribution in [0.2, 0.25) is 0 Å². The Morgan fingerprint density at radius 3 is 2.70 bits per heavy atom. The van der Waals surface area contributed by atoms with E-state index in [0.717, 1.165) is 43.5 Å². The number of oxime groups is 1. The predicted molar refractivity (Wildman–Crippen MR) is 86.6 cm³/mol. The molecular weight excluding hydrogens is 295 g/mol. The van der Waals surface area contributed by atoms with E-state index in [-0.39, 0.29) is 23.7 Å². The van der Waals surface area contributed by atoms with Gasteiger partial charge in [0.05, 0.1) is 12.3 Å². The highest BCUT2D eigenvalue weighted by Gasteiger charge is 2.32. The molecule has 1 heterocycles. The standard InChI is InChI=1S/C18H23FN2O2/c1-2-10-21(18(22)14-4-3-5-14)12-16-11-17(20-23-16)13-6-8-15(19)9-7-13/h6-9,14,16H,2-5,10-12H2,1H3. The molecule has 0 N–H and O–H groups in total. The lowest BCUT2D eigenvalue weighted by Gasteiger charge is -2.32. The van der Waals surface area contributed by atoms with Crippen LogP contribution in [0.4, 0.5) is 4.39 Å². The summed E-state index contributed by atoms with van der Waals surface area (Å²) < 4.78 is 13.0. The summed E-state index contributed by atoms with van der Waals surface area (Å²) in [5, 5.41) is 4.12. The second-order valence-corrected chi connectivity index (χ2v) is 6.39.